The summed E-state index contributed by atoms with van der Waals surface area (Å²) in [5, 5.41) is 20.8. The van der Waals surface area contributed by atoms with Crippen molar-refractivity contribution in [1.29, 1.82) is 5.26 Å². The van der Waals surface area contributed by atoms with Crippen LogP contribution in [0.3, 0.4) is 0 Å². The smallest absolute Gasteiger partial charge is 0.307 e. The molecule has 2 rings (SSSR count). The second-order valence-electron chi connectivity index (χ2n) is 4.21. The molecule has 0 spiro atoms. The van der Waals surface area contributed by atoms with Crippen LogP contribution in [-0.2, 0) is 17.8 Å². The largest absolute Gasteiger partial charge is 0.481 e. The van der Waals surface area contributed by atoms with Crippen molar-refractivity contribution in [1.82, 2.24) is 4.98 Å². The zero-order chi connectivity index (χ0) is 14.4. The van der Waals surface area contributed by atoms with Gasteiger partial charge in [-0.3, -0.25) is 4.79 Å². The SMILES string of the molecule is N#Cc1cccc(NCc2ccccc2CC(=O)O)n1. The number of nitrogens with zero attached hydrogens (tertiary/aromatic N) is 2. The molecular weight excluding hydrogens is 254 g/mol. The van der Waals surface area contributed by atoms with E-state index < -0.39 is 5.97 Å². The molecule has 1 aromatic heterocycles. The monoisotopic (exact) mass is 267 g/mol. The number of hydrogen-bond acceptors (Lipinski definition) is 4. The summed E-state index contributed by atoms with van der Waals surface area (Å²) in [5.41, 5.74) is 2.01. The average molecular weight is 267 g/mol. The topological polar surface area (TPSA) is 86.0 Å². The summed E-state index contributed by atoms with van der Waals surface area (Å²) >= 11 is 0. The normalized spacial score (nSPS) is 9.75. The number of rotatable bonds is 5. The Balaban J connectivity index is 2.10. The van der Waals surface area contributed by atoms with Gasteiger partial charge in [-0.25, -0.2) is 4.98 Å². The molecule has 5 nitrogen and oxygen atoms in total. The minimum Gasteiger partial charge on any atom is -0.481 e. The van der Waals surface area contributed by atoms with Crippen molar-refractivity contribution in [3.05, 3.63) is 59.3 Å². The number of hydrogen-bond donors (Lipinski definition) is 2. The molecule has 0 amide bonds. The average Bonchev–Trinajstić information content (AvgIpc) is 2.46. The number of pyridine rings is 1. The molecule has 0 bridgehead atoms. The first-order chi connectivity index (χ1) is 9.69. The number of carbonyl (C=O) groups is 1. The highest BCUT2D eigenvalue weighted by Crippen LogP contribution is 2.12. The van der Waals surface area contributed by atoms with Crippen molar-refractivity contribution < 1.29 is 9.90 Å². The van der Waals surface area contributed by atoms with Crippen LogP contribution in [0.4, 0.5) is 5.82 Å². The number of carboxylic acids is 1. The molecule has 0 aliphatic carbocycles. The molecular formula is C15H13N3O2. The van der Waals surface area contributed by atoms with Crippen molar-refractivity contribution in [3.63, 3.8) is 0 Å². The lowest BCUT2D eigenvalue weighted by molar-refractivity contribution is -0.136. The van der Waals surface area contributed by atoms with E-state index in [4.69, 9.17) is 10.4 Å². The van der Waals surface area contributed by atoms with Crippen LogP contribution in [0.5, 0.6) is 0 Å². The minimum atomic E-state index is -0.859. The molecule has 0 saturated heterocycles. The Bertz CT molecular complexity index is 662. The van der Waals surface area contributed by atoms with Crippen LogP contribution in [0.15, 0.2) is 42.5 Å². The van der Waals surface area contributed by atoms with Crippen LogP contribution in [0.1, 0.15) is 16.8 Å². The summed E-state index contributed by atoms with van der Waals surface area (Å²) in [5.74, 6) is -0.267. The van der Waals surface area contributed by atoms with Gasteiger partial charge < -0.3 is 10.4 Å². The maximum absolute atomic E-state index is 10.8. The van der Waals surface area contributed by atoms with E-state index in [2.05, 4.69) is 10.3 Å². The molecule has 0 radical (unpaired) electrons. The fourth-order valence-corrected chi connectivity index (χ4v) is 1.85. The zero-order valence-corrected chi connectivity index (χ0v) is 10.7. The molecule has 0 atom stereocenters. The van der Waals surface area contributed by atoms with Crippen LogP contribution >= 0.6 is 0 Å². The Labute approximate surface area is 116 Å². The van der Waals surface area contributed by atoms with Crippen molar-refractivity contribution >= 4 is 11.8 Å². The highest BCUT2D eigenvalue weighted by molar-refractivity contribution is 5.70. The summed E-state index contributed by atoms with van der Waals surface area (Å²) < 4.78 is 0. The summed E-state index contributed by atoms with van der Waals surface area (Å²) in [6, 6.07) is 14.5. The highest BCUT2D eigenvalue weighted by Gasteiger charge is 2.06. The fourth-order valence-electron chi connectivity index (χ4n) is 1.85. The molecule has 20 heavy (non-hydrogen) atoms. The van der Waals surface area contributed by atoms with Gasteiger partial charge in [0.15, 0.2) is 0 Å². The van der Waals surface area contributed by atoms with Gasteiger partial charge in [0.2, 0.25) is 0 Å². The van der Waals surface area contributed by atoms with E-state index in [1.54, 1.807) is 24.3 Å². The van der Waals surface area contributed by atoms with E-state index in [-0.39, 0.29) is 6.42 Å². The quantitative estimate of drug-likeness (QED) is 0.867. The first kappa shape index (κ1) is 13.6. The van der Waals surface area contributed by atoms with Crippen molar-refractivity contribution in [2.75, 3.05) is 5.32 Å². The summed E-state index contributed by atoms with van der Waals surface area (Å²) in [6.45, 7) is 0.464. The van der Waals surface area contributed by atoms with Gasteiger partial charge in [0.05, 0.1) is 6.42 Å². The summed E-state index contributed by atoms with van der Waals surface area (Å²) in [6.07, 6.45) is -0.0104. The predicted octanol–water partition coefficient (Wildman–Crippen LogP) is 2.19. The number of aliphatic carboxylic acids is 1. The Hall–Kier alpha value is -2.87. The lowest BCUT2D eigenvalue weighted by Gasteiger charge is -2.09. The van der Waals surface area contributed by atoms with E-state index in [1.807, 2.05) is 24.3 Å². The van der Waals surface area contributed by atoms with Gasteiger partial charge >= 0.3 is 5.97 Å². The molecule has 2 aromatic rings. The molecule has 100 valence electrons. The van der Waals surface area contributed by atoms with Crippen molar-refractivity contribution in [2.24, 2.45) is 0 Å². The molecule has 0 saturated carbocycles. The summed E-state index contributed by atoms with van der Waals surface area (Å²) in [7, 11) is 0. The van der Waals surface area contributed by atoms with Gasteiger partial charge in [-0.1, -0.05) is 30.3 Å². The molecule has 0 unspecified atom stereocenters. The first-order valence-corrected chi connectivity index (χ1v) is 6.08. The number of nitrogens with one attached hydrogen (secondary N) is 1. The van der Waals surface area contributed by atoms with Gasteiger partial charge in [0.1, 0.15) is 17.6 Å². The van der Waals surface area contributed by atoms with E-state index >= 15 is 0 Å². The molecule has 0 fully saturated rings. The lowest BCUT2D eigenvalue weighted by atomic mass is 10.0. The molecule has 1 aromatic carbocycles. The second-order valence-corrected chi connectivity index (χ2v) is 4.21. The van der Waals surface area contributed by atoms with Gasteiger partial charge in [-0.15, -0.1) is 0 Å². The Morgan fingerprint density at radius 2 is 1.95 bits per heavy atom. The minimum absolute atomic E-state index is 0.0104. The Morgan fingerprint density at radius 1 is 1.20 bits per heavy atom. The van der Waals surface area contributed by atoms with E-state index in [0.29, 0.717) is 18.1 Å². The highest BCUT2D eigenvalue weighted by atomic mass is 16.4. The van der Waals surface area contributed by atoms with Gasteiger partial charge in [-0.05, 0) is 23.3 Å². The van der Waals surface area contributed by atoms with Gasteiger partial charge in [0, 0.05) is 6.54 Å². The Kier molecular flexibility index (Phi) is 4.30. The van der Waals surface area contributed by atoms with Crippen LogP contribution in [0.25, 0.3) is 0 Å². The van der Waals surface area contributed by atoms with Gasteiger partial charge in [0.25, 0.3) is 0 Å². The zero-order valence-electron chi connectivity index (χ0n) is 10.7. The second kappa shape index (κ2) is 6.34. The predicted molar refractivity (Wildman–Crippen MR) is 74.1 cm³/mol. The lowest BCUT2D eigenvalue weighted by Crippen LogP contribution is -2.08. The molecule has 1 heterocycles. The number of anilines is 1. The number of aromatic nitrogens is 1. The van der Waals surface area contributed by atoms with Crippen LogP contribution in [0.2, 0.25) is 0 Å². The van der Waals surface area contributed by atoms with Crippen LogP contribution < -0.4 is 5.32 Å². The van der Waals surface area contributed by atoms with Crippen molar-refractivity contribution in [2.45, 2.75) is 13.0 Å². The molecule has 0 aliphatic heterocycles. The molecule has 5 heteroatoms. The molecule has 2 N–H and O–H groups in total. The maximum atomic E-state index is 10.8. The van der Waals surface area contributed by atoms with E-state index in [1.165, 1.54) is 0 Å². The van der Waals surface area contributed by atoms with Crippen LogP contribution in [-0.4, -0.2) is 16.1 Å². The standard InChI is InChI=1S/C15H13N3O2/c16-9-13-6-3-7-14(18-13)17-10-12-5-2-1-4-11(12)8-15(19)20/h1-7H,8,10H2,(H,17,18)(H,19,20). The van der Waals surface area contributed by atoms with E-state index in [0.717, 1.165) is 11.1 Å². The van der Waals surface area contributed by atoms with E-state index in [9.17, 15) is 4.79 Å². The van der Waals surface area contributed by atoms with Crippen molar-refractivity contribution in [3.8, 4) is 6.07 Å². The number of nitriles is 1. The van der Waals surface area contributed by atoms with Gasteiger partial charge in [-0.2, -0.15) is 5.26 Å². The third-order valence-electron chi connectivity index (χ3n) is 2.78. The third-order valence-corrected chi connectivity index (χ3v) is 2.78. The summed E-state index contributed by atoms with van der Waals surface area (Å²) in [4.78, 5) is 14.9. The number of benzene rings is 1. The first-order valence-electron chi connectivity index (χ1n) is 6.08. The third kappa shape index (κ3) is 3.56. The number of carboxylic acid groups (broad SMARTS) is 1. The van der Waals surface area contributed by atoms with Crippen LogP contribution in [0, 0.1) is 11.3 Å². The maximum Gasteiger partial charge on any atom is 0.307 e. The Morgan fingerprint density at radius 3 is 2.65 bits per heavy atom. The molecule has 0 aliphatic rings. The fraction of sp³-hybridized carbons (Fsp3) is 0.133.